The van der Waals surface area contributed by atoms with Gasteiger partial charge in [0, 0.05) is 25.0 Å². The van der Waals surface area contributed by atoms with E-state index in [2.05, 4.69) is 36.3 Å². The molecular formula is C21H16F6N8. The number of hydrogen-bond donors (Lipinski definition) is 1. The molecule has 0 aromatic carbocycles. The smallest absolute Gasteiger partial charge is 0.339 e. The summed E-state index contributed by atoms with van der Waals surface area (Å²) in [5.74, 6) is -0.740. The first-order chi connectivity index (χ1) is 16.4. The zero-order valence-electron chi connectivity index (χ0n) is 17.9. The highest BCUT2D eigenvalue weighted by Gasteiger charge is 2.34. The number of nitrogens with zero attached hydrogens (tertiary/aromatic N) is 7. The molecule has 1 fully saturated rings. The molecule has 2 atom stereocenters. The van der Waals surface area contributed by atoms with Gasteiger partial charge in [0.15, 0.2) is 5.82 Å². The Morgan fingerprint density at radius 2 is 1.71 bits per heavy atom. The summed E-state index contributed by atoms with van der Waals surface area (Å²) >= 11 is 0. The summed E-state index contributed by atoms with van der Waals surface area (Å²) in [6.07, 6.45) is -8.45. The van der Waals surface area contributed by atoms with Crippen LogP contribution in [0.2, 0.25) is 0 Å². The van der Waals surface area contributed by atoms with Gasteiger partial charge in [0.2, 0.25) is 11.9 Å². The van der Waals surface area contributed by atoms with Gasteiger partial charge in [-0.15, -0.1) is 0 Å². The maximum absolute atomic E-state index is 13.2. The molecule has 0 unspecified atom stereocenters. The highest BCUT2D eigenvalue weighted by Crippen LogP contribution is 2.32. The summed E-state index contributed by atoms with van der Waals surface area (Å²) in [6.45, 7) is 2.52. The maximum atomic E-state index is 13.2. The van der Waals surface area contributed by atoms with Crippen molar-refractivity contribution in [2.75, 3.05) is 23.3 Å². The average molecular weight is 494 g/mol. The molecule has 3 aromatic rings. The average Bonchev–Trinajstić information content (AvgIpc) is 3.19. The Kier molecular flexibility index (Phi) is 6.18. The van der Waals surface area contributed by atoms with Gasteiger partial charge in [0.05, 0.1) is 12.0 Å². The number of anilines is 3. The molecule has 0 amide bonds. The van der Waals surface area contributed by atoms with E-state index in [9.17, 15) is 31.6 Å². The first-order valence-corrected chi connectivity index (χ1v) is 10.2. The molecule has 8 nitrogen and oxygen atoms in total. The van der Waals surface area contributed by atoms with Crippen molar-refractivity contribution in [2.24, 2.45) is 11.8 Å². The van der Waals surface area contributed by atoms with E-state index in [-0.39, 0.29) is 47.5 Å². The first kappa shape index (κ1) is 24.1. The molecule has 4 heterocycles. The van der Waals surface area contributed by atoms with Crippen LogP contribution in [-0.4, -0.2) is 38.0 Å². The van der Waals surface area contributed by atoms with Crippen LogP contribution in [0, 0.1) is 23.2 Å². The van der Waals surface area contributed by atoms with Crippen LogP contribution in [0.3, 0.4) is 0 Å². The van der Waals surface area contributed by atoms with E-state index < -0.39 is 23.7 Å². The lowest BCUT2D eigenvalue weighted by atomic mass is 10.0. The van der Waals surface area contributed by atoms with Crippen molar-refractivity contribution in [1.82, 2.24) is 24.9 Å². The van der Waals surface area contributed by atoms with Gasteiger partial charge in [-0.1, -0.05) is 13.0 Å². The summed E-state index contributed by atoms with van der Waals surface area (Å²) < 4.78 is 78.6. The molecule has 35 heavy (non-hydrogen) atoms. The van der Waals surface area contributed by atoms with Gasteiger partial charge in [-0.2, -0.15) is 46.6 Å². The molecule has 1 aliphatic rings. The van der Waals surface area contributed by atoms with Crippen LogP contribution in [0.5, 0.6) is 0 Å². The molecule has 182 valence electrons. The summed E-state index contributed by atoms with van der Waals surface area (Å²) in [4.78, 5) is 21.1. The molecule has 0 aliphatic carbocycles. The summed E-state index contributed by atoms with van der Waals surface area (Å²) in [6, 6.07) is 7.39. The van der Waals surface area contributed by atoms with E-state index in [1.54, 1.807) is 4.90 Å². The predicted octanol–water partition coefficient (Wildman–Crippen LogP) is 4.71. The van der Waals surface area contributed by atoms with E-state index in [1.807, 2.05) is 6.92 Å². The van der Waals surface area contributed by atoms with Crippen molar-refractivity contribution >= 4 is 17.6 Å². The van der Waals surface area contributed by atoms with Gasteiger partial charge in [-0.25, -0.2) is 4.98 Å². The molecule has 0 radical (unpaired) electrons. The van der Waals surface area contributed by atoms with Crippen LogP contribution in [0.15, 0.2) is 36.5 Å². The lowest BCUT2D eigenvalue weighted by Gasteiger charge is -2.18. The lowest BCUT2D eigenvalue weighted by molar-refractivity contribution is -0.141. The van der Waals surface area contributed by atoms with E-state index in [4.69, 9.17) is 0 Å². The topological polar surface area (TPSA) is 104 Å². The number of aromatic nitrogens is 5. The van der Waals surface area contributed by atoms with Gasteiger partial charge in [0.25, 0.3) is 0 Å². The minimum Gasteiger partial charge on any atom is -0.339 e. The van der Waals surface area contributed by atoms with Gasteiger partial charge in [0.1, 0.15) is 17.1 Å². The molecule has 3 aromatic heterocycles. The van der Waals surface area contributed by atoms with Crippen LogP contribution in [-0.2, 0) is 12.4 Å². The molecule has 4 rings (SSSR count). The molecule has 0 spiro atoms. The highest BCUT2D eigenvalue weighted by molar-refractivity contribution is 5.59. The molecule has 0 saturated carbocycles. The van der Waals surface area contributed by atoms with Gasteiger partial charge in [-0.3, -0.25) is 4.98 Å². The third kappa shape index (κ3) is 5.39. The third-order valence-corrected chi connectivity index (χ3v) is 5.26. The SMILES string of the molecule is C[C@@H]1CN(c2nc(Nc3ccnc(C(F)(F)F)c3)nc(-c3cccc(C(F)(F)F)n3)n2)C[C@H]1C#N. The Morgan fingerprint density at radius 1 is 0.971 bits per heavy atom. The van der Waals surface area contributed by atoms with E-state index in [0.29, 0.717) is 6.54 Å². The van der Waals surface area contributed by atoms with Crippen LogP contribution >= 0.6 is 0 Å². The number of alkyl halides is 6. The second-order valence-corrected chi connectivity index (χ2v) is 7.86. The van der Waals surface area contributed by atoms with E-state index >= 15 is 0 Å². The first-order valence-electron chi connectivity index (χ1n) is 10.2. The third-order valence-electron chi connectivity index (χ3n) is 5.26. The van der Waals surface area contributed by atoms with Crippen LogP contribution in [0.1, 0.15) is 18.3 Å². The van der Waals surface area contributed by atoms with Crippen LogP contribution in [0.4, 0.5) is 43.9 Å². The van der Waals surface area contributed by atoms with Crippen molar-refractivity contribution in [3.63, 3.8) is 0 Å². The van der Waals surface area contributed by atoms with Crippen molar-refractivity contribution < 1.29 is 26.3 Å². The number of hydrogen-bond acceptors (Lipinski definition) is 8. The maximum Gasteiger partial charge on any atom is 0.433 e. The molecule has 14 heteroatoms. The number of nitrogens with one attached hydrogen (secondary N) is 1. The van der Waals surface area contributed by atoms with E-state index in [1.165, 1.54) is 12.1 Å². The fourth-order valence-corrected chi connectivity index (χ4v) is 3.48. The van der Waals surface area contributed by atoms with Gasteiger partial charge < -0.3 is 10.2 Å². The number of rotatable bonds is 4. The lowest BCUT2D eigenvalue weighted by Crippen LogP contribution is -2.23. The Labute approximate surface area is 194 Å². The molecule has 1 N–H and O–H groups in total. The van der Waals surface area contributed by atoms with Crippen LogP contribution < -0.4 is 10.2 Å². The zero-order valence-corrected chi connectivity index (χ0v) is 17.9. The highest BCUT2D eigenvalue weighted by atomic mass is 19.4. The summed E-state index contributed by atoms with van der Waals surface area (Å²) in [7, 11) is 0. The predicted molar refractivity (Wildman–Crippen MR) is 111 cm³/mol. The molecular weight excluding hydrogens is 478 g/mol. The van der Waals surface area contributed by atoms with Crippen molar-refractivity contribution in [3.05, 3.63) is 47.9 Å². The molecule has 0 bridgehead atoms. The summed E-state index contributed by atoms with van der Waals surface area (Å²) in [5, 5.41) is 12.0. The number of halogens is 6. The van der Waals surface area contributed by atoms with Crippen molar-refractivity contribution in [1.29, 1.82) is 5.26 Å². The van der Waals surface area contributed by atoms with E-state index in [0.717, 1.165) is 24.4 Å². The second kappa shape index (κ2) is 8.97. The van der Waals surface area contributed by atoms with Crippen molar-refractivity contribution in [3.8, 4) is 17.6 Å². The quantitative estimate of drug-likeness (QED) is 0.521. The van der Waals surface area contributed by atoms with Crippen molar-refractivity contribution in [2.45, 2.75) is 19.3 Å². The molecule has 1 aliphatic heterocycles. The number of pyridine rings is 2. The standard InChI is InChI=1S/C21H16F6N8/c1-11-9-35(10-12(11)8-28)19-33-17(14-3-2-4-15(31-14)20(22,23)24)32-18(34-19)30-13-5-6-29-16(7-13)21(25,26)27/h2-7,11-12H,9-10H2,1H3,(H,29,30,32,33,34)/t11-,12-/m1/s1. The van der Waals surface area contributed by atoms with Gasteiger partial charge in [-0.05, 0) is 30.2 Å². The minimum atomic E-state index is -4.71. The molecule has 1 saturated heterocycles. The fraction of sp³-hybridized carbons (Fsp3) is 0.333. The monoisotopic (exact) mass is 494 g/mol. The largest absolute Gasteiger partial charge is 0.433 e. The number of nitriles is 1. The Hall–Kier alpha value is -4.02. The minimum absolute atomic E-state index is 0.0298. The van der Waals surface area contributed by atoms with Crippen LogP contribution in [0.25, 0.3) is 11.5 Å². The second-order valence-electron chi connectivity index (χ2n) is 7.86. The normalized spacial score (nSPS) is 18.4. The Bertz CT molecular complexity index is 1270. The fourth-order valence-electron chi connectivity index (χ4n) is 3.48. The van der Waals surface area contributed by atoms with Gasteiger partial charge >= 0.3 is 12.4 Å². The summed E-state index contributed by atoms with van der Waals surface area (Å²) in [5.41, 5.74) is -2.56. The Morgan fingerprint density at radius 3 is 2.37 bits per heavy atom. The zero-order chi connectivity index (χ0) is 25.4. The Balaban J connectivity index is 1.76.